The summed E-state index contributed by atoms with van der Waals surface area (Å²) < 4.78 is 0. The van der Waals surface area contributed by atoms with E-state index in [2.05, 4.69) is 35.8 Å². The van der Waals surface area contributed by atoms with E-state index >= 15 is 0 Å². The zero-order valence-corrected chi connectivity index (χ0v) is 13.6. The second kappa shape index (κ2) is 6.04. The van der Waals surface area contributed by atoms with E-state index in [1.165, 1.54) is 0 Å². The standard InChI is InChI=1S/C17H19N7/c1-12-19-5-2-16(22-12)23-8-3-13-4-9-24(15(13)11-23)17-14(10-18)20-6-7-21-17/h2,5-7,13,15H,3-4,8-9,11H2,1H3. The van der Waals surface area contributed by atoms with Gasteiger partial charge in [-0.1, -0.05) is 0 Å². The number of aryl methyl sites for hydroxylation is 1. The van der Waals surface area contributed by atoms with E-state index in [4.69, 9.17) is 0 Å². The van der Waals surface area contributed by atoms with Gasteiger partial charge in [-0.25, -0.2) is 19.9 Å². The van der Waals surface area contributed by atoms with E-state index in [9.17, 15) is 5.26 Å². The summed E-state index contributed by atoms with van der Waals surface area (Å²) in [6.45, 7) is 4.75. The Balaban J connectivity index is 1.61. The van der Waals surface area contributed by atoms with Gasteiger partial charge in [0.25, 0.3) is 0 Å². The lowest BCUT2D eigenvalue weighted by molar-refractivity contribution is 0.388. The van der Waals surface area contributed by atoms with Crippen molar-refractivity contribution in [3.8, 4) is 6.07 Å². The molecule has 2 aromatic rings. The first kappa shape index (κ1) is 14.8. The van der Waals surface area contributed by atoms with Gasteiger partial charge in [-0.3, -0.25) is 0 Å². The van der Waals surface area contributed by atoms with Crippen LogP contribution in [0.3, 0.4) is 0 Å². The Hall–Kier alpha value is -2.75. The molecule has 0 N–H and O–H groups in total. The number of nitrogens with zero attached hydrogens (tertiary/aromatic N) is 7. The van der Waals surface area contributed by atoms with E-state index in [0.29, 0.717) is 23.5 Å². The molecule has 0 saturated carbocycles. The molecule has 2 fully saturated rings. The Bertz CT molecular complexity index is 785. The molecule has 0 aliphatic carbocycles. The monoisotopic (exact) mass is 321 g/mol. The van der Waals surface area contributed by atoms with Crippen LogP contribution < -0.4 is 9.80 Å². The number of piperidine rings is 1. The Labute approximate surface area is 141 Å². The molecule has 7 nitrogen and oxygen atoms in total. The highest BCUT2D eigenvalue weighted by molar-refractivity contribution is 5.52. The maximum absolute atomic E-state index is 9.33. The zero-order valence-electron chi connectivity index (χ0n) is 13.6. The summed E-state index contributed by atoms with van der Waals surface area (Å²) in [6.07, 6.45) is 7.33. The molecule has 0 amide bonds. The molecular weight excluding hydrogens is 302 g/mol. The molecule has 2 aliphatic heterocycles. The van der Waals surface area contributed by atoms with Gasteiger partial charge in [0.15, 0.2) is 11.5 Å². The molecule has 2 unspecified atom stereocenters. The lowest BCUT2D eigenvalue weighted by atomic mass is 9.92. The second-order valence-corrected chi connectivity index (χ2v) is 6.35. The van der Waals surface area contributed by atoms with Crippen molar-refractivity contribution in [2.24, 2.45) is 5.92 Å². The minimum atomic E-state index is 0.345. The van der Waals surface area contributed by atoms with Gasteiger partial charge in [-0.15, -0.1) is 0 Å². The van der Waals surface area contributed by atoms with Gasteiger partial charge in [0, 0.05) is 38.2 Å². The molecular formula is C17H19N7. The predicted octanol–water partition coefficient (Wildman–Crippen LogP) is 1.55. The molecule has 2 aromatic heterocycles. The summed E-state index contributed by atoms with van der Waals surface area (Å²) >= 11 is 0. The van der Waals surface area contributed by atoms with Gasteiger partial charge >= 0.3 is 0 Å². The van der Waals surface area contributed by atoms with Crippen molar-refractivity contribution in [1.82, 2.24) is 19.9 Å². The van der Waals surface area contributed by atoms with Crippen molar-refractivity contribution in [2.75, 3.05) is 29.4 Å². The molecule has 2 atom stereocenters. The molecule has 4 heterocycles. The second-order valence-electron chi connectivity index (χ2n) is 6.35. The smallest absolute Gasteiger partial charge is 0.183 e. The van der Waals surface area contributed by atoms with Gasteiger partial charge in [-0.2, -0.15) is 5.26 Å². The van der Waals surface area contributed by atoms with Crippen molar-refractivity contribution in [3.05, 3.63) is 36.2 Å². The number of hydrogen-bond donors (Lipinski definition) is 0. The normalized spacial score (nSPS) is 23.0. The lowest BCUT2D eigenvalue weighted by Gasteiger charge is -2.39. The van der Waals surface area contributed by atoms with Gasteiger partial charge in [0.05, 0.1) is 6.04 Å². The highest BCUT2D eigenvalue weighted by Crippen LogP contribution is 2.36. The topological polar surface area (TPSA) is 81.8 Å². The molecule has 0 bridgehead atoms. The Kier molecular flexibility index (Phi) is 3.73. The summed E-state index contributed by atoms with van der Waals surface area (Å²) in [4.78, 5) is 21.9. The van der Waals surface area contributed by atoms with Crippen LogP contribution in [0.25, 0.3) is 0 Å². The lowest BCUT2D eigenvalue weighted by Crippen LogP contribution is -2.49. The Morgan fingerprint density at radius 2 is 1.96 bits per heavy atom. The fraction of sp³-hybridized carbons (Fsp3) is 0.471. The van der Waals surface area contributed by atoms with Crippen molar-refractivity contribution in [3.63, 3.8) is 0 Å². The quantitative estimate of drug-likeness (QED) is 0.830. The average Bonchev–Trinajstić information content (AvgIpc) is 3.04. The fourth-order valence-electron chi connectivity index (χ4n) is 3.85. The van der Waals surface area contributed by atoms with Gasteiger partial charge in [-0.05, 0) is 31.7 Å². The van der Waals surface area contributed by atoms with Crippen LogP contribution in [0.1, 0.15) is 24.4 Å². The van der Waals surface area contributed by atoms with Crippen LogP contribution in [-0.4, -0.2) is 45.6 Å². The van der Waals surface area contributed by atoms with Crippen LogP contribution >= 0.6 is 0 Å². The number of rotatable bonds is 2. The number of anilines is 2. The van der Waals surface area contributed by atoms with E-state index in [1.54, 1.807) is 12.4 Å². The fourth-order valence-corrected chi connectivity index (χ4v) is 3.85. The maximum Gasteiger partial charge on any atom is 0.183 e. The van der Waals surface area contributed by atoms with Crippen LogP contribution in [0, 0.1) is 24.2 Å². The van der Waals surface area contributed by atoms with Gasteiger partial charge in [0.1, 0.15) is 17.7 Å². The van der Waals surface area contributed by atoms with Crippen molar-refractivity contribution >= 4 is 11.6 Å². The van der Waals surface area contributed by atoms with Crippen LogP contribution in [0.2, 0.25) is 0 Å². The minimum absolute atomic E-state index is 0.345. The maximum atomic E-state index is 9.33. The summed E-state index contributed by atoms with van der Waals surface area (Å²) in [7, 11) is 0. The molecule has 122 valence electrons. The van der Waals surface area contributed by atoms with E-state index < -0.39 is 0 Å². The third-order valence-electron chi connectivity index (χ3n) is 5.00. The van der Waals surface area contributed by atoms with Crippen LogP contribution in [0.15, 0.2) is 24.7 Å². The SMILES string of the molecule is Cc1nccc(N2CCC3CCN(c4nccnc4C#N)C3C2)n1. The number of aromatic nitrogens is 4. The van der Waals surface area contributed by atoms with Gasteiger partial charge in [0.2, 0.25) is 0 Å². The highest BCUT2D eigenvalue weighted by atomic mass is 15.3. The number of nitriles is 1. The average molecular weight is 321 g/mol. The molecule has 2 saturated heterocycles. The number of fused-ring (bicyclic) bond motifs is 1. The highest BCUT2D eigenvalue weighted by Gasteiger charge is 2.40. The predicted molar refractivity (Wildman–Crippen MR) is 89.6 cm³/mol. The van der Waals surface area contributed by atoms with Crippen molar-refractivity contribution < 1.29 is 0 Å². The molecule has 0 aromatic carbocycles. The Morgan fingerprint density at radius 1 is 1.12 bits per heavy atom. The summed E-state index contributed by atoms with van der Waals surface area (Å²) in [5.41, 5.74) is 0.410. The first-order valence-corrected chi connectivity index (χ1v) is 8.28. The van der Waals surface area contributed by atoms with Crippen molar-refractivity contribution in [2.45, 2.75) is 25.8 Å². The van der Waals surface area contributed by atoms with E-state index in [-0.39, 0.29) is 0 Å². The molecule has 24 heavy (non-hydrogen) atoms. The molecule has 7 heteroatoms. The minimum Gasteiger partial charge on any atom is -0.354 e. The van der Waals surface area contributed by atoms with E-state index in [1.807, 2.05) is 19.2 Å². The third kappa shape index (κ3) is 2.54. The van der Waals surface area contributed by atoms with E-state index in [0.717, 1.165) is 44.1 Å². The zero-order chi connectivity index (χ0) is 16.5. The molecule has 0 radical (unpaired) electrons. The van der Waals surface area contributed by atoms with Gasteiger partial charge < -0.3 is 9.80 Å². The first-order valence-electron chi connectivity index (χ1n) is 8.28. The third-order valence-corrected chi connectivity index (χ3v) is 5.00. The summed E-state index contributed by atoms with van der Waals surface area (Å²) in [5, 5.41) is 9.33. The Morgan fingerprint density at radius 3 is 2.79 bits per heavy atom. The van der Waals surface area contributed by atoms with Crippen molar-refractivity contribution in [1.29, 1.82) is 5.26 Å². The molecule has 0 spiro atoms. The van der Waals surface area contributed by atoms with Crippen LogP contribution in [0.5, 0.6) is 0 Å². The van der Waals surface area contributed by atoms with Crippen LogP contribution in [0.4, 0.5) is 11.6 Å². The summed E-state index contributed by atoms with van der Waals surface area (Å²) in [6, 6.07) is 4.48. The number of hydrogen-bond acceptors (Lipinski definition) is 7. The molecule has 2 aliphatic rings. The molecule has 4 rings (SSSR count). The summed E-state index contributed by atoms with van der Waals surface area (Å²) in [5.74, 6) is 3.12. The first-order chi connectivity index (χ1) is 11.8. The van der Waals surface area contributed by atoms with Crippen LogP contribution in [-0.2, 0) is 0 Å². The largest absolute Gasteiger partial charge is 0.354 e.